The fraction of sp³-hybridized carbons (Fsp3) is 0.500. The molecule has 0 radical (unpaired) electrons. The average molecular weight is 406 g/mol. The van der Waals surface area contributed by atoms with Crippen molar-refractivity contribution in [2.24, 2.45) is 5.92 Å². The van der Waals surface area contributed by atoms with Crippen molar-refractivity contribution in [2.75, 3.05) is 45.8 Å². The third-order valence-corrected chi connectivity index (χ3v) is 4.69. The number of benzene rings is 1. The smallest absolute Gasteiger partial charge is 0.339 e. The van der Waals surface area contributed by atoms with Gasteiger partial charge in [-0.1, -0.05) is 0 Å². The summed E-state index contributed by atoms with van der Waals surface area (Å²) >= 11 is 0. The summed E-state index contributed by atoms with van der Waals surface area (Å²) in [6.07, 6.45) is 1.24. The molecule has 1 aromatic carbocycles. The molecule has 0 saturated carbocycles. The van der Waals surface area contributed by atoms with Crippen LogP contribution in [-0.2, 0) is 23.8 Å². The lowest BCUT2D eigenvalue weighted by Crippen LogP contribution is -2.41. The predicted octanol–water partition coefficient (Wildman–Crippen LogP) is 1.47. The molecule has 1 amide bonds. The van der Waals surface area contributed by atoms with Gasteiger partial charge in [0, 0.05) is 0 Å². The summed E-state index contributed by atoms with van der Waals surface area (Å²) < 4.78 is 14.5. The molecule has 1 N–H and O–H groups in total. The van der Waals surface area contributed by atoms with Gasteiger partial charge < -0.3 is 19.5 Å². The molecule has 9 nitrogen and oxygen atoms in total. The zero-order chi connectivity index (χ0) is 21.4. The molecule has 1 fully saturated rings. The Hall–Kier alpha value is -2.94. The van der Waals surface area contributed by atoms with E-state index in [0.717, 1.165) is 0 Å². The van der Waals surface area contributed by atoms with E-state index in [1.54, 1.807) is 6.92 Å². The summed E-state index contributed by atoms with van der Waals surface area (Å²) in [6, 6.07) is 4.20. The quantitative estimate of drug-likeness (QED) is 0.535. The molecule has 9 heteroatoms. The Balaban J connectivity index is 2.02. The van der Waals surface area contributed by atoms with E-state index in [4.69, 9.17) is 9.47 Å². The largest absolute Gasteiger partial charge is 0.466 e. The molecule has 0 atom stereocenters. The van der Waals surface area contributed by atoms with Gasteiger partial charge in [0.05, 0.1) is 50.1 Å². The molecule has 0 unspecified atom stereocenters. The van der Waals surface area contributed by atoms with Crippen LogP contribution >= 0.6 is 0 Å². The normalized spacial score (nSPS) is 14.7. The summed E-state index contributed by atoms with van der Waals surface area (Å²) in [5, 5.41) is 2.67. The van der Waals surface area contributed by atoms with Crippen molar-refractivity contribution >= 4 is 29.5 Å². The van der Waals surface area contributed by atoms with E-state index < -0.39 is 11.9 Å². The molecular weight excluding hydrogens is 380 g/mol. The van der Waals surface area contributed by atoms with Gasteiger partial charge in [0.25, 0.3) is 0 Å². The van der Waals surface area contributed by atoms with Crippen molar-refractivity contribution in [1.29, 1.82) is 0 Å². The number of anilines is 1. The van der Waals surface area contributed by atoms with Crippen LogP contribution in [-0.4, -0.2) is 69.2 Å². The second kappa shape index (κ2) is 10.6. The number of rotatable bonds is 7. The highest BCUT2D eigenvalue weighted by molar-refractivity contribution is 6.03. The monoisotopic (exact) mass is 406 g/mol. The molecule has 1 heterocycles. The third-order valence-electron chi connectivity index (χ3n) is 4.69. The number of ether oxygens (including phenoxy) is 3. The van der Waals surface area contributed by atoms with E-state index in [9.17, 15) is 19.2 Å². The highest BCUT2D eigenvalue weighted by atomic mass is 16.5. The SMILES string of the molecule is CCOC(=O)C1CCN(CC(=O)Nc2cc(C(=O)OC)ccc2C(=O)OC)CC1. The van der Waals surface area contributed by atoms with Gasteiger partial charge in [-0.2, -0.15) is 0 Å². The van der Waals surface area contributed by atoms with E-state index in [-0.39, 0.29) is 41.2 Å². The van der Waals surface area contributed by atoms with Gasteiger partial charge in [-0.15, -0.1) is 0 Å². The maximum absolute atomic E-state index is 12.5. The fourth-order valence-electron chi connectivity index (χ4n) is 3.16. The number of amides is 1. The van der Waals surface area contributed by atoms with Crippen LogP contribution in [0.25, 0.3) is 0 Å². The standard InChI is InChI=1S/C20H26N2O7/c1-4-29-19(25)13-7-9-22(10-8-13)12-17(23)21-16-11-14(18(24)27-2)5-6-15(16)20(26)28-3/h5-6,11,13H,4,7-10,12H2,1-3H3,(H,21,23). The number of carbonyl (C=O) groups excluding carboxylic acids is 4. The Bertz CT molecular complexity index is 770. The number of piperidine rings is 1. The van der Waals surface area contributed by atoms with Crippen molar-refractivity contribution in [3.8, 4) is 0 Å². The number of esters is 3. The third kappa shape index (κ3) is 6.02. The number of nitrogens with one attached hydrogen (secondary N) is 1. The number of likely N-dealkylation sites (tertiary alicyclic amines) is 1. The first-order valence-electron chi connectivity index (χ1n) is 9.39. The molecule has 0 bridgehead atoms. The molecular formula is C20H26N2O7. The number of methoxy groups -OCH3 is 2. The summed E-state index contributed by atoms with van der Waals surface area (Å²) in [5.41, 5.74) is 0.506. The number of hydrogen-bond donors (Lipinski definition) is 1. The lowest BCUT2D eigenvalue weighted by Gasteiger charge is -2.30. The van der Waals surface area contributed by atoms with E-state index in [2.05, 4.69) is 10.1 Å². The summed E-state index contributed by atoms with van der Waals surface area (Å²) in [6.45, 7) is 3.40. The first-order valence-corrected chi connectivity index (χ1v) is 9.39. The van der Waals surface area contributed by atoms with Crippen LogP contribution in [0.1, 0.15) is 40.5 Å². The lowest BCUT2D eigenvalue weighted by molar-refractivity contribution is -0.149. The molecule has 158 valence electrons. The minimum Gasteiger partial charge on any atom is -0.466 e. The van der Waals surface area contributed by atoms with Gasteiger partial charge in [-0.05, 0) is 51.1 Å². The van der Waals surface area contributed by atoms with Crippen molar-refractivity contribution in [2.45, 2.75) is 19.8 Å². The number of hydrogen-bond acceptors (Lipinski definition) is 8. The van der Waals surface area contributed by atoms with Crippen molar-refractivity contribution in [1.82, 2.24) is 4.90 Å². The highest BCUT2D eigenvalue weighted by Crippen LogP contribution is 2.21. The second-order valence-corrected chi connectivity index (χ2v) is 6.59. The van der Waals surface area contributed by atoms with E-state index >= 15 is 0 Å². The van der Waals surface area contributed by atoms with Crippen molar-refractivity contribution in [3.05, 3.63) is 29.3 Å². The molecule has 0 aromatic heterocycles. The zero-order valence-corrected chi connectivity index (χ0v) is 16.9. The molecule has 1 aliphatic rings. The number of carbonyl (C=O) groups is 4. The lowest BCUT2D eigenvalue weighted by atomic mass is 9.97. The zero-order valence-electron chi connectivity index (χ0n) is 16.9. The van der Waals surface area contributed by atoms with E-state index in [1.807, 2.05) is 4.90 Å². The van der Waals surface area contributed by atoms with Gasteiger partial charge in [0.1, 0.15) is 0 Å². The molecule has 1 aromatic rings. The molecule has 1 aliphatic heterocycles. The van der Waals surface area contributed by atoms with Gasteiger partial charge in [-0.3, -0.25) is 14.5 Å². The molecule has 2 rings (SSSR count). The Kier molecular flexibility index (Phi) is 8.14. The van der Waals surface area contributed by atoms with Crippen LogP contribution in [0.4, 0.5) is 5.69 Å². The first kappa shape index (κ1) is 22.4. The Morgan fingerprint density at radius 2 is 1.72 bits per heavy atom. The maximum atomic E-state index is 12.5. The van der Waals surface area contributed by atoms with Crippen LogP contribution in [0.15, 0.2) is 18.2 Å². The number of nitrogens with zero attached hydrogens (tertiary/aromatic N) is 1. The minimum absolute atomic E-state index is 0.0958. The van der Waals surface area contributed by atoms with Gasteiger partial charge in [0.2, 0.25) is 5.91 Å². The van der Waals surface area contributed by atoms with Gasteiger partial charge >= 0.3 is 17.9 Å². The van der Waals surface area contributed by atoms with Crippen molar-refractivity contribution < 1.29 is 33.4 Å². The molecule has 0 spiro atoms. The average Bonchev–Trinajstić information content (AvgIpc) is 2.73. The Morgan fingerprint density at radius 1 is 1.07 bits per heavy atom. The van der Waals surface area contributed by atoms with Gasteiger partial charge in [0.15, 0.2) is 0 Å². The van der Waals surface area contributed by atoms with Gasteiger partial charge in [-0.25, -0.2) is 9.59 Å². The van der Waals surface area contributed by atoms with Crippen LogP contribution in [0, 0.1) is 5.92 Å². The second-order valence-electron chi connectivity index (χ2n) is 6.59. The van der Waals surface area contributed by atoms with Crippen LogP contribution in [0.3, 0.4) is 0 Å². The predicted molar refractivity (Wildman–Crippen MR) is 104 cm³/mol. The summed E-state index contributed by atoms with van der Waals surface area (Å²) in [5.74, 6) is -1.90. The highest BCUT2D eigenvalue weighted by Gasteiger charge is 2.27. The van der Waals surface area contributed by atoms with E-state index in [0.29, 0.717) is 32.5 Å². The Labute approximate surface area is 169 Å². The first-order chi connectivity index (χ1) is 13.9. The molecule has 0 aliphatic carbocycles. The summed E-state index contributed by atoms with van der Waals surface area (Å²) in [7, 11) is 2.48. The van der Waals surface area contributed by atoms with Crippen LogP contribution in [0.5, 0.6) is 0 Å². The molecule has 29 heavy (non-hydrogen) atoms. The van der Waals surface area contributed by atoms with Crippen molar-refractivity contribution in [3.63, 3.8) is 0 Å². The Morgan fingerprint density at radius 3 is 2.31 bits per heavy atom. The van der Waals surface area contributed by atoms with Crippen LogP contribution < -0.4 is 5.32 Å². The van der Waals surface area contributed by atoms with Crippen LogP contribution in [0.2, 0.25) is 0 Å². The van der Waals surface area contributed by atoms with E-state index in [1.165, 1.54) is 32.4 Å². The fourth-order valence-corrected chi connectivity index (χ4v) is 3.16. The topological polar surface area (TPSA) is 111 Å². The summed E-state index contributed by atoms with van der Waals surface area (Å²) in [4.78, 5) is 50.0. The maximum Gasteiger partial charge on any atom is 0.339 e. The minimum atomic E-state index is -0.632. The molecule has 1 saturated heterocycles.